The minimum absolute atomic E-state index is 0.0669. The van der Waals surface area contributed by atoms with Gasteiger partial charge in [0.05, 0.1) is 11.1 Å². The number of carbonyl (C=O) groups excluding carboxylic acids is 1. The third-order valence-corrected chi connectivity index (χ3v) is 3.10. The average Bonchev–Trinajstić information content (AvgIpc) is 2.53. The van der Waals surface area contributed by atoms with Gasteiger partial charge < -0.3 is 4.74 Å². The molecule has 0 aliphatic rings. The zero-order chi connectivity index (χ0) is 15.9. The van der Waals surface area contributed by atoms with Crippen LogP contribution in [0.5, 0.6) is 5.75 Å². The number of nitrogens with zero attached hydrogens (tertiary/aromatic N) is 1. The standard InChI is InChI=1S/C18H14FNO2/c1-2-3-4-13-5-7-14(8-6-13)18(21)22-16-10-9-15(12-20)17(19)11-16/h2,5-11H,1,3-4H2. The summed E-state index contributed by atoms with van der Waals surface area (Å²) in [5.41, 5.74) is 1.39. The fraction of sp³-hybridized carbons (Fsp3) is 0.111. The van der Waals surface area contributed by atoms with E-state index in [4.69, 9.17) is 10.00 Å². The molecular weight excluding hydrogens is 281 g/mol. The second-order valence-corrected chi connectivity index (χ2v) is 4.67. The van der Waals surface area contributed by atoms with Gasteiger partial charge in [-0.05, 0) is 42.7 Å². The normalized spacial score (nSPS) is 9.82. The molecule has 110 valence electrons. The Kier molecular flexibility index (Phi) is 5.05. The summed E-state index contributed by atoms with van der Waals surface area (Å²) in [4.78, 5) is 12.0. The predicted molar refractivity (Wildman–Crippen MR) is 81.0 cm³/mol. The molecule has 22 heavy (non-hydrogen) atoms. The number of allylic oxidation sites excluding steroid dienone is 1. The number of benzene rings is 2. The maximum atomic E-state index is 13.5. The lowest BCUT2D eigenvalue weighted by Crippen LogP contribution is -2.08. The van der Waals surface area contributed by atoms with Gasteiger partial charge in [0.1, 0.15) is 17.6 Å². The van der Waals surface area contributed by atoms with Crippen LogP contribution in [0.15, 0.2) is 55.1 Å². The van der Waals surface area contributed by atoms with Crippen LogP contribution in [0.3, 0.4) is 0 Å². The second kappa shape index (κ2) is 7.19. The molecule has 0 saturated carbocycles. The number of carbonyl (C=O) groups is 1. The zero-order valence-electron chi connectivity index (χ0n) is 11.9. The van der Waals surface area contributed by atoms with Gasteiger partial charge in [-0.15, -0.1) is 6.58 Å². The summed E-state index contributed by atoms with van der Waals surface area (Å²) < 4.78 is 18.5. The van der Waals surface area contributed by atoms with Gasteiger partial charge in [0.2, 0.25) is 0 Å². The molecule has 3 nitrogen and oxygen atoms in total. The van der Waals surface area contributed by atoms with Crippen LogP contribution in [-0.2, 0) is 6.42 Å². The molecule has 0 heterocycles. The van der Waals surface area contributed by atoms with Gasteiger partial charge in [-0.3, -0.25) is 0 Å². The summed E-state index contributed by atoms with van der Waals surface area (Å²) in [6.07, 6.45) is 3.57. The Labute approximate surface area is 128 Å². The van der Waals surface area contributed by atoms with E-state index in [1.54, 1.807) is 18.2 Å². The van der Waals surface area contributed by atoms with Crippen LogP contribution < -0.4 is 4.74 Å². The number of nitriles is 1. The summed E-state index contributed by atoms with van der Waals surface area (Å²) in [5, 5.41) is 8.65. The molecule has 2 rings (SSSR count). The van der Waals surface area contributed by atoms with Gasteiger partial charge in [0.15, 0.2) is 0 Å². The highest BCUT2D eigenvalue weighted by Gasteiger charge is 2.10. The van der Waals surface area contributed by atoms with E-state index in [0.29, 0.717) is 5.56 Å². The molecular formula is C18H14FNO2. The van der Waals surface area contributed by atoms with Gasteiger partial charge in [-0.25, -0.2) is 9.18 Å². The Balaban J connectivity index is 2.07. The number of hydrogen-bond donors (Lipinski definition) is 0. The van der Waals surface area contributed by atoms with Gasteiger partial charge in [0.25, 0.3) is 0 Å². The molecule has 0 fully saturated rings. The molecule has 0 aromatic heterocycles. The molecule has 0 aliphatic heterocycles. The molecule has 0 aliphatic carbocycles. The summed E-state index contributed by atoms with van der Waals surface area (Å²) in [5.74, 6) is -1.22. The Morgan fingerprint density at radius 3 is 2.59 bits per heavy atom. The van der Waals surface area contributed by atoms with Crippen LogP contribution in [0.4, 0.5) is 4.39 Å². The Hall–Kier alpha value is -2.93. The lowest BCUT2D eigenvalue weighted by atomic mass is 10.1. The van der Waals surface area contributed by atoms with E-state index < -0.39 is 11.8 Å². The van der Waals surface area contributed by atoms with Crippen molar-refractivity contribution in [1.82, 2.24) is 0 Å². The summed E-state index contributed by atoms with van der Waals surface area (Å²) in [7, 11) is 0. The molecule has 0 amide bonds. The Bertz CT molecular complexity index is 730. The second-order valence-electron chi connectivity index (χ2n) is 4.67. The van der Waals surface area contributed by atoms with E-state index >= 15 is 0 Å². The first-order valence-corrected chi connectivity index (χ1v) is 6.75. The van der Waals surface area contributed by atoms with E-state index in [0.717, 1.165) is 24.5 Å². The molecule has 2 aromatic carbocycles. The van der Waals surface area contributed by atoms with Crippen molar-refractivity contribution < 1.29 is 13.9 Å². The van der Waals surface area contributed by atoms with Gasteiger partial charge in [0, 0.05) is 6.07 Å². The number of halogens is 1. The maximum Gasteiger partial charge on any atom is 0.343 e. The highest BCUT2D eigenvalue weighted by Crippen LogP contribution is 2.18. The van der Waals surface area contributed by atoms with Gasteiger partial charge >= 0.3 is 5.97 Å². The molecule has 0 saturated heterocycles. The molecule has 0 N–H and O–H groups in total. The first kappa shape index (κ1) is 15.5. The van der Waals surface area contributed by atoms with E-state index in [9.17, 15) is 9.18 Å². The molecule has 0 bridgehead atoms. The van der Waals surface area contributed by atoms with E-state index in [1.165, 1.54) is 12.1 Å². The first-order valence-electron chi connectivity index (χ1n) is 6.75. The third-order valence-electron chi connectivity index (χ3n) is 3.10. The first-order chi connectivity index (χ1) is 10.6. The fourth-order valence-corrected chi connectivity index (χ4v) is 1.89. The number of ether oxygens (including phenoxy) is 1. The number of esters is 1. The van der Waals surface area contributed by atoms with Crippen LogP contribution in [0.2, 0.25) is 0 Å². The van der Waals surface area contributed by atoms with Crippen molar-refractivity contribution in [2.24, 2.45) is 0 Å². The predicted octanol–water partition coefficient (Wildman–Crippen LogP) is 4.04. The molecule has 0 unspecified atom stereocenters. The maximum absolute atomic E-state index is 13.5. The van der Waals surface area contributed by atoms with Crippen molar-refractivity contribution in [3.63, 3.8) is 0 Å². The van der Waals surface area contributed by atoms with Crippen LogP contribution in [0, 0.1) is 17.1 Å². The van der Waals surface area contributed by atoms with Crippen molar-refractivity contribution in [2.45, 2.75) is 12.8 Å². The molecule has 4 heteroatoms. The molecule has 0 radical (unpaired) electrons. The van der Waals surface area contributed by atoms with Crippen LogP contribution in [0.1, 0.15) is 27.9 Å². The largest absolute Gasteiger partial charge is 0.423 e. The average molecular weight is 295 g/mol. The minimum Gasteiger partial charge on any atom is -0.423 e. The topological polar surface area (TPSA) is 50.1 Å². The summed E-state index contributed by atoms with van der Waals surface area (Å²) >= 11 is 0. The number of aryl methyl sites for hydroxylation is 1. The van der Waals surface area contributed by atoms with Crippen molar-refractivity contribution in [2.75, 3.05) is 0 Å². The molecule has 0 atom stereocenters. The summed E-state index contributed by atoms with van der Waals surface area (Å²) in [6, 6.07) is 12.4. The Morgan fingerprint density at radius 2 is 2.00 bits per heavy atom. The Morgan fingerprint density at radius 1 is 1.27 bits per heavy atom. The van der Waals surface area contributed by atoms with Gasteiger partial charge in [-0.1, -0.05) is 18.2 Å². The smallest absolute Gasteiger partial charge is 0.343 e. The van der Waals surface area contributed by atoms with Crippen LogP contribution in [-0.4, -0.2) is 5.97 Å². The lowest BCUT2D eigenvalue weighted by Gasteiger charge is -2.06. The van der Waals surface area contributed by atoms with Crippen molar-refractivity contribution in [3.8, 4) is 11.8 Å². The molecule has 2 aromatic rings. The number of hydrogen-bond acceptors (Lipinski definition) is 3. The fourth-order valence-electron chi connectivity index (χ4n) is 1.89. The number of rotatable bonds is 5. The van der Waals surface area contributed by atoms with Crippen LogP contribution in [0.25, 0.3) is 0 Å². The zero-order valence-corrected chi connectivity index (χ0v) is 11.9. The lowest BCUT2D eigenvalue weighted by molar-refractivity contribution is 0.0734. The highest BCUT2D eigenvalue weighted by molar-refractivity contribution is 5.91. The van der Waals surface area contributed by atoms with Gasteiger partial charge in [-0.2, -0.15) is 5.26 Å². The molecule has 0 spiro atoms. The third kappa shape index (κ3) is 3.80. The highest BCUT2D eigenvalue weighted by atomic mass is 19.1. The van der Waals surface area contributed by atoms with Crippen molar-refractivity contribution in [1.29, 1.82) is 5.26 Å². The SMILES string of the molecule is C=CCCc1ccc(C(=O)Oc2ccc(C#N)c(F)c2)cc1. The quantitative estimate of drug-likeness (QED) is 0.475. The van der Waals surface area contributed by atoms with E-state index in [-0.39, 0.29) is 11.3 Å². The van der Waals surface area contributed by atoms with E-state index in [2.05, 4.69) is 6.58 Å². The minimum atomic E-state index is -0.715. The van der Waals surface area contributed by atoms with E-state index in [1.807, 2.05) is 18.2 Å². The van der Waals surface area contributed by atoms with Crippen LogP contribution >= 0.6 is 0 Å². The monoisotopic (exact) mass is 295 g/mol. The van der Waals surface area contributed by atoms with Crippen molar-refractivity contribution in [3.05, 3.63) is 77.6 Å². The summed E-state index contributed by atoms with van der Waals surface area (Å²) in [6.45, 7) is 3.66. The van der Waals surface area contributed by atoms with Crippen molar-refractivity contribution >= 4 is 5.97 Å².